The first-order valence-corrected chi connectivity index (χ1v) is 9.67. The average Bonchev–Trinajstić information content (AvgIpc) is 3.18. The first-order valence-electron chi connectivity index (χ1n) is 11.2. The van der Waals surface area contributed by atoms with Crippen LogP contribution in [0.2, 0.25) is 0 Å². The van der Waals surface area contributed by atoms with Crippen LogP contribution in [-0.4, -0.2) is 49.4 Å². The molecule has 0 aliphatic carbocycles. The molecule has 0 fully saturated rings. The first kappa shape index (κ1) is 12.5. The zero-order valence-corrected chi connectivity index (χ0v) is 15.5. The summed E-state index contributed by atoms with van der Waals surface area (Å²) in [5, 5.41) is 3.10. The highest BCUT2D eigenvalue weighted by molar-refractivity contribution is 7.90. The molecule has 28 heavy (non-hydrogen) atoms. The van der Waals surface area contributed by atoms with Crippen molar-refractivity contribution in [1.82, 2.24) is 8.96 Å². The second-order valence-electron chi connectivity index (χ2n) is 6.57. The molecule has 2 aromatic heterocycles. The van der Waals surface area contributed by atoms with Gasteiger partial charge in [-0.2, -0.15) is 0 Å². The van der Waals surface area contributed by atoms with Crippen molar-refractivity contribution in [2.45, 2.75) is 17.4 Å². The van der Waals surface area contributed by atoms with Crippen molar-refractivity contribution in [1.29, 1.82) is 0 Å². The van der Waals surface area contributed by atoms with E-state index in [0.717, 1.165) is 10.2 Å². The maximum Gasteiger partial charge on any atom is 0.269 e. The van der Waals surface area contributed by atoms with E-state index in [4.69, 9.17) is 13.0 Å². The highest BCUT2D eigenvalue weighted by atomic mass is 32.2. The highest BCUT2D eigenvalue weighted by Crippen LogP contribution is 2.40. The first-order chi connectivity index (χ1) is 15.7. The van der Waals surface area contributed by atoms with Crippen molar-refractivity contribution in [3.05, 3.63) is 48.8 Å². The lowest BCUT2D eigenvalue weighted by Gasteiger charge is -2.39. The lowest BCUT2D eigenvalue weighted by Crippen LogP contribution is -2.57. The topological polar surface area (TPSA) is 93.5 Å². The predicted molar refractivity (Wildman–Crippen MR) is 106 cm³/mol. The molecule has 4 rings (SSSR count). The van der Waals surface area contributed by atoms with E-state index in [2.05, 4.69) is 10.3 Å². The smallest absolute Gasteiger partial charge is 0.269 e. The molecule has 8 nitrogen and oxygen atoms in total. The summed E-state index contributed by atoms with van der Waals surface area (Å²) in [6, 6.07) is 9.10. The predicted octanol–water partition coefficient (Wildman–Crippen LogP) is 2.07. The molecule has 146 valence electrons. The van der Waals surface area contributed by atoms with Crippen LogP contribution in [0.1, 0.15) is 15.1 Å². The molecule has 1 aliphatic rings. The van der Waals surface area contributed by atoms with Gasteiger partial charge in [-0.3, -0.25) is 4.79 Å². The Balaban J connectivity index is 1.90. The van der Waals surface area contributed by atoms with Gasteiger partial charge in [0, 0.05) is 29.7 Å². The van der Waals surface area contributed by atoms with Gasteiger partial charge < -0.3 is 15.0 Å². The molecule has 1 amide bonds. The van der Waals surface area contributed by atoms with Gasteiger partial charge in [0.15, 0.2) is 5.65 Å². The van der Waals surface area contributed by atoms with Gasteiger partial charge in [0.25, 0.3) is 15.9 Å². The third-order valence-corrected chi connectivity index (χ3v) is 6.32. The van der Waals surface area contributed by atoms with Crippen LogP contribution in [0, 0.1) is 0 Å². The second kappa shape index (κ2) is 6.32. The minimum absolute atomic E-state index is 0.00552. The Morgan fingerprint density at radius 1 is 1.29 bits per heavy atom. The summed E-state index contributed by atoms with van der Waals surface area (Å²) >= 11 is 0. The molecule has 0 saturated heterocycles. The zero-order valence-electron chi connectivity index (χ0n) is 20.7. The normalized spacial score (nSPS) is 23.6. The van der Waals surface area contributed by atoms with Crippen LogP contribution in [0.3, 0.4) is 0 Å². The molecule has 3 aromatic rings. The van der Waals surface area contributed by atoms with E-state index in [-0.39, 0.29) is 27.3 Å². The van der Waals surface area contributed by atoms with Gasteiger partial charge in [-0.25, -0.2) is 17.4 Å². The lowest BCUT2D eigenvalue weighted by molar-refractivity contribution is -0.124. The Morgan fingerprint density at radius 2 is 2.07 bits per heavy atom. The molecule has 0 spiro atoms. The van der Waals surface area contributed by atoms with E-state index in [9.17, 15) is 13.2 Å². The van der Waals surface area contributed by atoms with E-state index in [1.807, 2.05) is 0 Å². The summed E-state index contributed by atoms with van der Waals surface area (Å²) in [7, 11) is -6.85. The number of anilines is 2. The Hall–Kier alpha value is -2.91. The van der Waals surface area contributed by atoms with Crippen molar-refractivity contribution < 1.29 is 26.2 Å². The number of ether oxygens (including phenoxy) is 1. The molecular formula is C19H20N4O4S. The summed E-state index contributed by atoms with van der Waals surface area (Å²) in [4.78, 5) is 17.9. The number of fused-ring (bicyclic) bond motifs is 3. The Labute approximate surface area is 171 Å². The van der Waals surface area contributed by atoms with Gasteiger partial charge >= 0.3 is 0 Å². The van der Waals surface area contributed by atoms with E-state index >= 15 is 0 Å². The van der Waals surface area contributed by atoms with Crippen LogP contribution in [0.4, 0.5) is 11.4 Å². The Kier molecular flexibility index (Phi) is 2.83. The molecule has 9 heteroatoms. The van der Waals surface area contributed by atoms with Gasteiger partial charge in [0.2, 0.25) is 0 Å². The van der Waals surface area contributed by atoms with Crippen LogP contribution in [0.15, 0.2) is 53.7 Å². The fraction of sp³-hybridized carbons (Fsp3) is 0.263. The molecular weight excluding hydrogens is 380 g/mol. The number of carbonyl (C=O) groups is 1. The van der Waals surface area contributed by atoms with Gasteiger partial charge in [0.1, 0.15) is 5.54 Å². The van der Waals surface area contributed by atoms with Crippen LogP contribution in [-0.2, 0) is 19.6 Å². The van der Waals surface area contributed by atoms with Crippen molar-refractivity contribution >= 4 is 38.3 Å². The largest absolute Gasteiger partial charge is 0.382 e. The number of likely N-dealkylation sites (N-methyl/N-ethyl adjacent to an activating group) is 1. The summed E-state index contributed by atoms with van der Waals surface area (Å²) < 4.78 is 77.5. The van der Waals surface area contributed by atoms with Crippen molar-refractivity contribution in [3.8, 4) is 0 Å². The number of rotatable bonds is 4. The number of hydrogen-bond donors (Lipinski definition) is 1. The quantitative estimate of drug-likeness (QED) is 0.713. The Morgan fingerprint density at radius 3 is 2.79 bits per heavy atom. The highest BCUT2D eigenvalue weighted by Gasteiger charge is 2.42. The van der Waals surface area contributed by atoms with Crippen molar-refractivity contribution in [2.75, 3.05) is 30.8 Å². The third kappa shape index (κ3) is 2.58. The maximum absolute atomic E-state index is 13.2. The van der Waals surface area contributed by atoms with Crippen molar-refractivity contribution in [2.24, 2.45) is 0 Å². The minimum Gasteiger partial charge on any atom is -0.382 e. The number of benzene rings is 1. The van der Waals surface area contributed by atoms with E-state index in [1.165, 1.54) is 31.3 Å². The summed E-state index contributed by atoms with van der Waals surface area (Å²) in [5.41, 5.74) is -1.77. The second-order valence-corrected chi connectivity index (χ2v) is 8.39. The van der Waals surface area contributed by atoms with E-state index in [1.54, 1.807) is 18.2 Å². The number of carbonyl (C=O) groups excluding carboxylic acids is 1. The number of amides is 1. The molecule has 0 radical (unpaired) electrons. The monoisotopic (exact) mass is 406 g/mol. The minimum atomic E-state index is -4.02. The standard InChI is InChI=1S/C19H20N4O4S/c1-19(12-27-3)18(24)22(2)15-11-20-17-14(16(15)21-19)9-10-23(17)28(25,26)13-7-5-4-6-8-13/h4-11,21H,12H2,1-3H3/t19-/m0/s1/i2D3,3D3. The Bertz CT molecular complexity index is 1370. The van der Waals surface area contributed by atoms with Gasteiger partial charge in [-0.15, -0.1) is 0 Å². The SMILES string of the molecule is [2H]C([2H])([2H])OC[C@]1(C)Nc2c(cnc3c2ccn3S(=O)(=O)c2ccccc2)N(C([2H])([2H])[2H])C1=O. The average molecular weight is 406 g/mol. The number of hydrogen-bond acceptors (Lipinski definition) is 6. The summed E-state index contributed by atoms with van der Waals surface area (Å²) in [5.74, 6) is -0.943. The maximum atomic E-state index is 13.2. The van der Waals surface area contributed by atoms with Gasteiger partial charge in [0.05, 0.1) is 33.2 Å². The van der Waals surface area contributed by atoms with Gasteiger partial charge in [-0.05, 0) is 25.1 Å². The molecule has 1 aromatic carbocycles. The van der Waals surface area contributed by atoms with Crippen LogP contribution in [0.25, 0.3) is 11.0 Å². The van der Waals surface area contributed by atoms with Crippen LogP contribution < -0.4 is 10.2 Å². The summed E-state index contributed by atoms with van der Waals surface area (Å²) in [6.45, 7) is -2.28. The van der Waals surface area contributed by atoms with Crippen LogP contribution >= 0.6 is 0 Å². The fourth-order valence-corrected chi connectivity index (χ4v) is 4.50. The molecule has 3 heterocycles. The van der Waals surface area contributed by atoms with E-state index < -0.39 is 42.1 Å². The molecule has 0 bridgehead atoms. The van der Waals surface area contributed by atoms with Crippen molar-refractivity contribution in [3.63, 3.8) is 0 Å². The van der Waals surface area contributed by atoms with Crippen LogP contribution in [0.5, 0.6) is 0 Å². The number of nitrogens with zero attached hydrogens (tertiary/aromatic N) is 3. The molecule has 1 atom stereocenters. The lowest BCUT2D eigenvalue weighted by atomic mass is 9.97. The third-order valence-electron chi connectivity index (χ3n) is 4.64. The van der Waals surface area contributed by atoms with E-state index in [0.29, 0.717) is 4.90 Å². The van der Waals surface area contributed by atoms with Gasteiger partial charge in [-0.1, -0.05) is 18.2 Å². The zero-order chi connectivity index (χ0) is 25.1. The number of methoxy groups -OCH3 is 1. The number of nitrogens with one attached hydrogen (secondary N) is 1. The number of pyridine rings is 1. The molecule has 0 saturated carbocycles. The number of aromatic nitrogens is 2. The summed E-state index contributed by atoms with van der Waals surface area (Å²) in [6.07, 6.45) is 2.37. The molecule has 1 aliphatic heterocycles. The molecule has 0 unspecified atom stereocenters. The fourth-order valence-electron chi connectivity index (χ4n) is 3.18. The molecule has 1 N–H and O–H groups in total.